The van der Waals surface area contributed by atoms with E-state index in [2.05, 4.69) is 10.1 Å². The molecule has 0 aliphatic carbocycles. The van der Waals surface area contributed by atoms with Crippen LogP contribution in [0.5, 0.6) is 0 Å². The summed E-state index contributed by atoms with van der Waals surface area (Å²) in [4.78, 5) is 4.14. The summed E-state index contributed by atoms with van der Waals surface area (Å²) >= 11 is 0. The second-order valence-corrected chi connectivity index (χ2v) is 10.9. The first-order valence-corrected chi connectivity index (χ1v) is 14.4. The maximum absolute atomic E-state index is 11.3. The van der Waals surface area contributed by atoms with Crippen LogP contribution >= 0.6 is 0 Å². The molecule has 4 atom stereocenters. The van der Waals surface area contributed by atoms with Gasteiger partial charge >= 0.3 is 0 Å². The lowest BCUT2D eigenvalue weighted by Crippen LogP contribution is -2.57. The summed E-state index contributed by atoms with van der Waals surface area (Å²) in [6, 6.07) is 33.5. The Morgan fingerprint density at radius 1 is 0.837 bits per heavy atom. The van der Waals surface area contributed by atoms with Gasteiger partial charge in [0.2, 0.25) is 0 Å². The second-order valence-electron chi connectivity index (χ2n) is 10.9. The van der Waals surface area contributed by atoms with E-state index in [-0.39, 0.29) is 13.2 Å². The van der Waals surface area contributed by atoms with Crippen molar-refractivity contribution in [1.29, 1.82) is 0 Å². The highest BCUT2D eigenvalue weighted by atomic mass is 16.6. The van der Waals surface area contributed by atoms with Crippen molar-refractivity contribution in [3.8, 4) is 0 Å². The van der Waals surface area contributed by atoms with Gasteiger partial charge in [-0.25, -0.2) is 9.50 Å². The van der Waals surface area contributed by atoms with Crippen molar-refractivity contribution >= 4 is 11.3 Å². The Kier molecular flexibility index (Phi) is 8.51. The monoisotopic (exact) mass is 580 g/mol. The number of nitrogens with two attached hydrogens (primary N) is 1. The molecule has 0 amide bonds. The topological polar surface area (TPSA) is 113 Å². The van der Waals surface area contributed by atoms with Crippen molar-refractivity contribution in [2.45, 2.75) is 50.2 Å². The van der Waals surface area contributed by atoms with Crippen LogP contribution in [0, 0.1) is 0 Å². The quantitative estimate of drug-likeness (QED) is 0.219. The van der Waals surface area contributed by atoms with E-state index in [4.69, 9.17) is 24.7 Å². The van der Waals surface area contributed by atoms with Crippen molar-refractivity contribution < 1.29 is 24.1 Å². The molecule has 6 rings (SSSR count). The molecule has 3 aromatic carbocycles. The number of ether oxygens (including phenoxy) is 4. The van der Waals surface area contributed by atoms with E-state index >= 15 is 0 Å². The Balaban J connectivity index is 1.41. The van der Waals surface area contributed by atoms with Crippen LogP contribution in [0.4, 0.5) is 5.82 Å². The van der Waals surface area contributed by atoms with Gasteiger partial charge in [0.1, 0.15) is 29.7 Å². The predicted octanol–water partition coefficient (Wildman–Crippen LogP) is 4.68. The normalized spacial score (nSPS) is 23.6. The maximum Gasteiger partial charge on any atom is 0.165 e. The standard InChI is InChI=1S/C34H36N4O5/c1-33(42-21-27-15-9-4-10-16-27)31(41-20-26-13-7-3-8-14-26)29(22-40-19-25-11-5-2-6-12-25)43-34(33,23-39)30-18-17-28-32(35)36-24-37-38(28)30/h2-18,24,29,31,39H,19-23H2,1H3,(H2,35,36,37)/t29-,31-,33-,34+/m1/s1. The third kappa shape index (κ3) is 5.65. The van der Waals surface area contributed by atoms with Gasteiger partial charge in [-0.05, 0) is 35.7 Å². The third-order valence-corrected chi connectivity index (χ3v) is 8.20. The average molecular weight is 581 g/mol. The zero-order valence-corrected chi connectivity index (χ0v) is 24.1. The number of hydrogen-bond acceptors (Lipinski definition) is 8. The summed E-state index contributed by atoms with van der Waals surface area (Å²) in [6.07, 6.45) is 0.159. The summed E-state index contributed by atoms with van der Waals surface area (Å²) in [6.45, 7) is 2.72. The van der Waals surface area contributed by atoms with Gasteiger partial charge in [-0.1, -0.05) is 91.0 Å². The van der Waals surface area contributed by atoms with E-state index in [1.54, 1.807) is 4.52 Å². The molecule has 0 spiro atoms. The van der Waals surface area contributed by atoms with E-state index in [1.165, 1.54) is 6.33 Å². The molecule has 2 aromatic heterocycles. The Labute approximate surface area is 250 Å². The Hall–Kier alpha value is -4.12. The fourth-order valence-electron chi connectivity index (χ4n) is 5.89. The number of anilines is 1. The zero-order chi connectivity index (χ0) is 29.7. The highest BCUT2D eigenvalue weighted by Crippen LogP contribution is 2.51. The van der Waals surface area contributed by atoms with Gasteiger partial charge in [-0.3, -0.25) is 0 Å². The molecular formula is C34H36N4O5. The van der Waals surface area contributed by atoms with Crippen molar-refractivity contribution in [3.63, 3.8) is 0 Å². The van der Waals surface area contributed by atoms with Crippen LogP contribution in [0.25, 0.3) is 5.52 Å². The average Bonchev–Trinajstić information content (AvgIpc) is 3.59. The number of nitrogens with zero attached hydrogens (tertiary/aromatic N) is 3. The first kappa shape index (κ1) is 29.0. The lowest BCUT2D eigenvalue weighted by molar-refractivity contribution is -0.203. The molecule has 3 N–H and O–H groups in total. The molecule has 0 bridgehead atoms. The van der Waals surface area contributed by atoms with Crippen molar-refractivity contribution in [1.82, 2.24) is 14.6 Å². The molecule has 0 radical (unpaired) electrons. The van der Waals surface area contributed by atoms with E-state index < -0.39 is 30.0 Å². The van der Waals surface area contributed by atoms with Gasteiger partial charge < -0.3 is 29.8 Å². The van der Waals surface area contributed by atoms with Crippen LogP contribution < -0.4 is 5.73 Å². The molecule has 3 heterocycles. The Morgan fingerprint density at radius 2 is 1.44 bits per heavy atom. The van der Waals surface area contributed by atoms with Gasteiger partial charge in [0.05, 0.1) is 38.7 Å². The van der Waals surface area contributed by atoms with E-state index in [0.29, 0.717) is 30.2 Å². The first-order chi connectivity index (χ1) is 21.0. The smallest absolute Gasteiger partial charge is 0.165 e. The minimum Gasteiger partial charge on any atom is -0.393 e. The zero-order valence-electron chi connectivity index (χ0n) is 24.1. The highest BCUT2D eigenvalue weighted by Gasteiger charge is 2.67. The minimum absolute atomic E-state index is 0.209. The summed E-state index contributed by atoms with van der Waals surface area (Å²) in [5.41, 5.74) is 7.82. The van der Waals surface area contributed by atoms with Gasteiger partial charge in [0.15, 0.2) is 11.4 Å². The van der Waals surface area contributed by atoms with Crippen LogP contribution in [0.1, 0.15) is 29.3 Å². The predicted molar refractivity (Wildman–Crippen MR) is 162 cm³/mol. The lowest BCUT2D eigenvalue weighted by atomic mass is 9.79. The number of aromatic nitrogens is 3. The number of nitrogen functional groups attached to an aromatic ring is 1. The summed E-state index contributed by atoms with van der Waals surface area (Å²) < 4.78 is 28.3. The molecular weight excluding hydrogens is 544 g/mol. The third-order valence-electron chi connectivity index (χ3n) is 8.20. The van der Waals surface area contributed by atoms with Crippen LogP contribution in [0.2, 0.25) is 0 Å². The molecule has 222 valence electrons. The Bertz CT molecular complexity index is 1620. The van der Waals surface area contributed by atoms with E-state index in [9.17, 15) is 5.11 Å². The van der Waals surface area contributed by atoms with Gasteiger partial charge in [-0.2, -0.15) is 5.10 Å². The van der Waals surface area contributed by atoms with E-state index in [1.807, 2.05) is 110 Å². The number of benzene rings is 3. The fraction of sp³-hybridized carbons (Fsp3) is 0.294. The molecule has 43 heavy (non-hydrogen) atoms. The largest absolute Gasteiger partial charge is 0.393 e. The van der Waals surface area contributed by atoms with Crippen molar-refractivity contribution in [2.24, 2.45) is 0 Å². The van der Waals surface area contributed by atoms with Crippen LogP contribution in [0.15, 0.2) is 109 Å². The molecule has 9 heteroatoms. The molecule has 0 saturated carbocycles. The number of hydrogen-bond donors (Lipinski definition) is 2. The minimum atomic E-state index is -1.39. The number of rotatable bonds is 12. The number of aliphatic hydroxyl groups is 1. The molecule has 0 unspecified atom stereocenters. The van der Waals surface area contributed by atoms with Crippen molar-refractivity contribution in [3.05, 3.63) is 132 Å². The van der Waals surface area contributed by atoms with Gasteiger partial charge in [-0.15, -0.1) is 0 Å². The Morgan fingerprint density at radius 3 is 2.07 bits per heavy atom. The molecule has 1 fully saturated rings. The molecule has 1 saturated heterocycles. The van der Waals surface area contributed by atoms with Gasteiger partial charge in [0.25, 0.3) is 0 Å². The molecule has 9 nitrogen and oxygen atoms in total. The van der Waals surface area contributed by atoms with Crippen molar-refractivity contribution in [2.75, 3.05) is 18.9 Å². The van der Waals surface area contributed by atoms with Crippen LogP contribution in [-0.4, -0.2) is 50.7 Å². The molecule has 1 aliphatic heterocycles. The summed E-state index contributed by atoms with van der Waals surface area (Å²) in [7, 11) is 0. The second kappa shape index (κ2) is 12.6. The van der Waals surface area contributed by atoms with Gasteiger partial charge in [0, 0.05) is 0 Å². The first-order valence-electron chi connectivity index (χ1n) is 14.4. The maximum atomic E-state index is 11.3. The summed E-state index contributed by atoms with van der Waals surface area (Å²) in [5.74, 6) is 0.318. The number of fused-ring (bicyclic) bond motifs is 1. The highest BCUT2D eigenvalue weighted by molar-refractivity contribution is 5.66. The SMILES string of the molecule is C[C@@]1(OCc2ccccc2)[C@H](OCc2ccccc2)[C@@H](COCc2ccccc2)O[C@@]1(CO)c1ccc2c(N)ncnn12. The lowest BCUT2D eigenvalue weighted by Gasteiger charge is -2.42. The number of aliphatic hydroxyl groups excluding tert-OH is 1. The van der Waals surface area contributed by atoms with E-state index in [0.717, 1.165) is 16.7 Å². The molecule has 1 aliphatic rings. The van der Waals surface area contributed by atoms with Crippen LogP contribution in [0.3, 0.4) is 0 Å². The summed E-state index contributed by atoms with van der Waals surface area (Å²) in [5, 5.41) is 15.8. The van der Waals surface area contributed by atoms with Crippen LogP contribution in [-0.2, 0) is 44.4 Å². The fourth-order valence-corrected chi connectivity index (χ4v) is 5.89. The molecule has 5 aromatic rings.